The number of allylic oxidation sites excluding steroid dienone is 8. The first-order chi connectivity index (χ1) is 13.2. The van der Waals surface area contributed by atoms with Crippen LogP contribution < -0.4 is 5.73 Å². The van der Waals surface area contributed by atoms with Crippen LogP contribution in [0.15, 0.2) is 66.4 Å². The van der Waals surface area contributed by atoms with E-state index < -0.39 is 0 Å². The molecule has 0 unspecified atom stereocenters. The molecule has 1 aromatic heterocycles. The van der Waals surface area contributed by atoms with Gasteiger partial charge in [0.15, 0.2) is 0 Å². The predicted molar refractivity (Wildman–Crippen MR) is 122 cm³/mol. The van der Waals surface area contributed by atoms with Gasteiger partial charge in [0.05, 0.1) is 5.69 Å². The minimum Gasteiger partial charge on any atom is -0.384 e. The molecule has 0 saturated heterocycles. The molecule has 0 fully saturated rings. The van der Waals surface area contributed by atoms with Gasteiger partial charge in [-0.1, -0.05) is 76.1 Å². The summed E-state index contributed by atoms with van der Waals surface area (Å²) in [5.74, 6) is 0.503. The number of unbranched alkanes of at least 4 members (excludes halogenated alkanes) is 3. The standard InChI is InChI=1S/C24H33N3/c1-5-9-11-13-15-20(14-7-3)22-17-18-23(25)27-24(22)21(19-26-8-4)16-12-10-6-2/h7-8,11,13-19H,4-6,9-10,12H2,1-3H3,(H2,25,27)/b13-11-,14-7-,20-15+,21-16+,26-19?. The summed E-state index contributed by atoms with van der Waals surface area (Å²) in [7, 11) is 0. The van der Waals surface area contributed by atoms with Gasteiger partial charge in [0.2, 0.25) is 0 Å². The second-order valence-electron chi connectivity index (χ2n) is 6.23. The van der Waals surface area contributed by atoms with E-state index in [1.54, 1.807) is 0 Å². The molecule has 1 rings (SSSR count). The number of aliphatic imine (C=N–C) groups is 1. The third kappa shape index (κ3) is 8.04. The fraction of sp³-hybridized carbons (Fsp3) is 0.333. The molecule has 0 spiro atoms. The Labute approximate surface area is 164 Å². The molecule has 0 saturated carbocycles. The fourth-order valence-electron chi connectivity index (χ4n) is 2.58. The largest absolute Gasteiger partial charge is 0.384 e. The molecule has 1 aromatic rings. The van der Waals surface area contributed by atoms with Crippen LogP contribution in [0.4, 0.5) is 5.82 Å². The SMILES string of the molecule is C=CN=C/C(=C\CCCC)c1nc(N)ccc1C(/C=C\C)=C/C=C\CCC. The summed E-state index contributed by atoms with van der Waals surface area (Å²) < 4.78 is 0. The summed E-state index contributed by atoms with van der Waals surface area (Å²) >= 11 is 0. The number of hydrogen-bond donors (Lipinski definition) is 1. The van der Waals surface area contributed by atoms with Crippen LogP contribution in [-0.4, -0.2) is 11.2 Å². The summed E-state index contributed by atoms with van der Waals surface area (Å²) in [4.78, 5) is 8.87. The van der Waals surface area contributed by atoms with Crippen LogP contribution >= 0.6 is 0 Å². The number of hydrogen-bond acceptors (Lipinski definition) is 3. The van der Waals surface area contributed by atoms with Crippen molar-refractivity contribution < 1.29 is 0 Å². The number of aromatic nitrogens is 1. The Morgan fingerprint density at radius 2 is 2.00 bits per heavy atom. The van der Waals surface area contributed by atoms with Gasteiger partial charge in [-0.15, -0.1) is 0 Å². The number of nitrogens with two attached hydrogens (primary N) is 1. The topological polar surface area (TPSA) is 51.3 Å². The van der Waals surface area contributed by atoms with E-state index in [0.29, 0.717) is 5.82 Å². The Hall–Kier alpha value is -2.68. The zero-order chi connectivity index (χ0) is 19.9. The van der Waals surface area contributed by atoms with E-state index in [9.17, 15) is 0 Å². The molecule has 0 aliphatic heterocycles. The first kappa shape index (κ1) is 22.4. The molecule has 0 bridgehead atoms. The zero-order valence-corrected chi connectivity index (χ0v) is 17.0. The lowest BCUT2D eigenvalue weighted by molar-refractivity contribution is 0.816. The lowest BCUT2D eigenvalue weighted by Gasteiger charge is -2.12. The van der Waals surface area contributed by atoms with Crippen molar-refractivity contribution in [1.29, 1.82) is 0 Å². The molecule has 27 heavy (non-hydrogen) atoms. The van der Waals surface area contributed by atoms with E-state index >= 15 is 0 Å². The van der Waals surface area contributed by atoms with Crippen molar-refractivity contribution in [3.63, 3.8) is 0 Å². The lowest BCUT2D eigenvalue weighted by Crippen LogP contribution is -2.01. The van der Waals surface area contributed by atoms with Gasteiger partial charge in [-0.2, -0.15) is 0 Å². The van der Waals surface area contributed by atoms with Crippen LogP contribution in [0.1, 0.15) is 64.1 Å². The highest BCUT2D eigenvalue weighted by Gasteiger charge is 2.11. The molecule has 3 nitrogen and oxygen atoms in total. The van der Waals surface area contributed by atoms with E-state index in [4.69, 9.17) is 5.73 Å². The maximum Gasteiger partial charge on any atom is 0.124 e. The van der Waals surface area contributed by atoms with Gasteiger partial charge in [0.25, 0.3) is 0 Å². The molecule has 0 aliphatic rings. The van der Waals surface area contributed by atoms with E-state index in [1.165, 1.54) is 6.20 Å². The number of rotatable bonds is 11. The minimum atomic E-state index is 0.503. The van der Waals surface area contributed by atoms with Gasteiger partial charge >= 0.3 is 0 Å². The van der Waals surface area contributed by atoms with Crippen LogP contribution in [0, 0.1) is 0 Å². The predicted octanol–water partition coefficient (Wildman–Crippen LogP) is 6.77. The summed E-state index contributed by atoms with van der Waals surface area (Å²) in [6.07, 6.45) is 21.5. The Balaban J connectivity index is 3.47. The van der Waals surface area contributed by atoms with Crippen molar-refractivity contribution in [2.75, 3.05) is 5.73 Å². The van der Waals surface area contributed by atoms with Crippen molar-refractivity contribution in [2.24, 2.45) is 4.99 Å². The smallest absolute Gasteiger partial charge is 0.124 e. The normalized spacial score (nSPS) is 13.3. The molecule has 0 radical (unpaired) electrons. The van der Waals surface area contributed by atoms with E-state index in [2.05, 4.69) is 60.8 Å². The van der Waals surface area contributed by atoms with Crippen molar-refractivity contribution in [2.45, 2.75) is 52.9 Å². The first-order valence-corrected chi connectivity index (χ1v) is 9.78. The number of pyridine rings is 1. The number of nitrogen functional groups attached to an aromatic ring is 1. The van der Waals surface area contributed by atoms with Gasteiger partial charge in [-0.3, -0.25) is 4.99 Å². The first-order valence-electron chi connectivity index (χ1n) is 9.78. The Morgan fingerprint density at radius 3 is 2.67 bits per heavy atom. The average Bonchev–Trinajstić information content (AvgIpc) is 2.67. The van der Waals surface area contributed by atoms with Crippen LogP contribution in [0.3, 0.4) is 0 Å². The Bertz CT molecular complexity index is 734. The Morgan fingerprint density at radius 1 is 1.19 bits per heavy atom. The minimum absolute atomic E-state index is 0.503. The van der Waals surface area contributed by atoms with E-state index in [1.807, 2.05) is 31.3 Å². The molecular formula is C24H33N3. The van der Waals surface area contributed by atoms with Crippen molar-refractivity contribution >= 4 is 23.2 Å². The van der Waals surface area contributed by atoms with Crippen LogP contribution in [-0.2, 0) is 0 Å². The molecule has 2 N–H and O–H groups in total. The zero-order valence-electron chi connectivity index (χ0n) is 17.0. The van der Waals surface area contributed by atoms with Gasteiger partial charge in [-0.25, -0.2) is 4.98 Å². The monoisotopic (exact) mass is 363 g/mol. The van der Waals surface area contributed by atoms with Crippen molar-refractivity contribution in [1.82, 2.24) is 4.98 Å². The fourth-order valence-corrected chi connectivity index (χ4v) is 2.58. The third-order valence-electron chi connectivity index (χ3n) is 3.96. The van der Waals surface area contributed by atoms with Gasteiger partial charge in [0, 0.05) is 23.6 Å². The van der Waals surface area contributed by atoms with Crippen molar-refractivity contribution in [3.8, 4) is 0 Å². The van der Waals surface area contributed by atoms with Crippen LogP contribution in [0.2, 0.25) is 0 Å². The molecule has 144 valence electrons. The van der Waals surface area contributed by atoms with Crippen LogP contribution in [0.25, 0.3) is 11.1 Å². The summed E-state index contributed by atoms with van der Waals surface area (Å²) in [6, 6.07) is 3.88. The quantitative estimate of drug-likeness (QED) is 0.268. The maximum absolute atomic E-state index is 6.01. The Kier molecular flexibility index (Phi) is 11.2. The molecule has 0 amide bonds. The molecule has 1 heterocycles. The summed E-state index contributed by atoms with van der Waals surface area (Å²) in [5.41, 5.74) is 9.97. The average molecular weight is 364 g/mol. The number of nitrogens with zero attached hydrogens (tertiary/aromatic N) is 2. The van der Waals surface area contributed by atoms with Crippen LogP contribution in [0.5, 0.6) is 0 Å². The summed E-state index contributed by atoms with van der Waals surface area (Å²) in [6.45, 7) is 10.1. The third-order valence-corrected chi connectivity index (χ3v) is 3.96. The second kappa shape index (κ2) is 13.5. The van der Waals surface area contributed by atoms with E-state index in [0.717, 1.165) is 54.5 Å². The molecule has 0 aromatic carbocycles. The molecular weight excluding hydrogens is 330 g/mol. The van der Waals surface area contributed by atoms with Crippen molar-refractivity contribution in [3.05, 3.63) is 72.6 Å². The summed E-state index contributed by atoms with van der Waals surface area (Å²) in [5, 5.41) is 0. The molecule has 0 aliphatic carbocycles. The molecule has 3 heteroatoms. The highest BCUT2D eigenvalue weighted by atomic mass is 14.8. The maximum atomic E-state index is 6.01. The lowest BCUT2D eigenvalue weighted by atomic mass is 9.97. The highest BCUT2D eigenvalue weighted by Crippen LogP contribution is 2.26. The highest BCUT2D eigenvalue weighted by molar-refractivity contribution is 6.11. The van der Waals surface area contributed by atoms with Gasteiger partial charge in [-0.05, 0) is 37.5 Å². The number of anilines is 1. The van der Waals surface area contributed by atoms with Gasteiger partial charge in [0.1, 0.15) is 5.82 Å². The van der Waals surface area contributed by atoms with Gasteiger partial charge < -0.3 is 5.73 Å². The second-order valence-corrected chi connectivity index (χ2v) is 6.23. The molecule has 0 atom stereocenters. The van der Waals surface area contributed by atoms with E-state index in [-0.39, 0.29) is 0 Å².